The van der Waals surface area contributed by atoms with Crippen LogP contribution in [0.15, 0.2) is 239 Å². The molecule has 14 aromatic rings. The molecule has 2 heterocycles. The van der Waals surface area contributed by atoms with Crippen LogP contribution in [0.5, 0.6) is 0 Å². The maximum Gasteiger partial charge on any atom is 0.159 e. The molecule has 0 N–H and O–H groups in total. The Kier molecular flexibility index (Phi) is 10.2. The molecule has 0 bridgehead atoms. The van der Waals surface area contributed by atoms with Crippen LogP contribution in [-0.4, -0.2) is 0 Å². The Bertz CT molecular complexity index is 4160. The van der Waals surface area contributed by atoms with Gasteiger partial charge in [-0.05, 0) is 116 Å². The standard InChI is InChI=1S/C70H52N2O2/c1-43(2)55-41-57-61(71(59-31-15-11-25-47(59)45-21-7-5-8-22-45)63-33-19-29-53-49-27-13-17-35-65(49)73-69(53)63)40-38-52-56(44(3)4)42-58-62(39-37-51(55)67(58)68(52)57)72(60-32-16-12-26-48(60)46-23-9-6-10-24-46)64-34-20-30-54-50-28-14-18-36-66(50)74-70(54)64/h5-44H,1-4H3. The summed E-state index contributed by atoms with van der Waals surface area (Å²) < 4.78 is 13.9. The Hall–Kier alpha value is -9.12. The summed E-state index contributed by atoms with van der Waals surface area (Å²) in [5, 5.41) is 11.8. The molecule has 0 aliphatic heterocycles. The molecule has 74 heavy (non-hydrogen) atoms. The van der Waals surface area contributed by atoms with Crippen LogP contribution in [0.25, 0.3) is 98.4 Å². The van der Waals surface area contributed by atoms with Crippen LogP contribution in [0.2, 0.25) is 0 Å². The average Bonchev–Trinajstić information content (AvgIpc) is 4.10. The quantitative estimate of drug-likeness (QED) is 0.128. The topological polar surface area (TPSA) is 32.8 Å². The summed E-state index contributed by atoms with van der Waals surface area (Å²) in [6.45, 7) is 9.34. The van der Waals surface area contributed by atoms with Gasteiger partial charge in [-0.3, -0.25) is 0 Å². The number of hydrogen-bond acceptors (Lipinski definition) is 4. The van der Waals surface area contributed by atoms with Crippen molar-refractivity contribution in [1.82, 2.24) is 0 Å². The van der Waals surface area contributed by atoms with Gasteiger partial charge in [0.25, 0.3) is 0 Å². The van der Waals surface area contributed by atoms with Gasteiger partial charge in [-0.1, -0.05) is 198 Å². The number of para-hydroxylation sites is 6. The second-order valence-electron chi connectivity index (χ2n) is 20.3. The predicted octanol–water partition coefficient (Wildman–Crippen LogP) is 20.9. The van der Waals surface area contributed by atoms with Gasteiger partial charge in [0, 0.05) is 43.4 Å². The third-order valence-electron chi connectivity index (χ3n) is 15.4. The monoisotopic (exact) mass is 952 g/mol. The molecule has 0 unspecified atom stereocenters. The van der Waals surface area contributed by atoms with Crippen molar-refractivity contribution in [2.24, 2.45) is 0 Å². The number of rotatable bonds is 10. The first-order chi connectivity index (χ1) is 36.4. The Morgan fingerprint density at radius 1 is 0.284 bits per heavy atom. The maximum atomic E-state index is 6.95. The molecule has 4 nitrogen and oxygen atoms in total. The van der Waals surface area contributed by atoms with E-state index in [-0.39, 0.29) is 11.8 Å². The predicted molar refractivity (Wildman–Crippen MR) is 313 cm³/mol. The van der Waals surface area contributed by atoms with Gasteiger partial charge in [0.15, 0.2) is 11.2 Å². The molecule has 12 aromatic carbocycles. The molecule has 0 amide bonds. The molecule has 0 radical (unpaired) electrons. The van der Waals surface area contributed by atoms with Crippen LogP contribution in [0.1, 0.15) is 50.7 Å². The fourth-order valence-corrected chi connectivity index (χ4v) is 12.0. The first kappa shape index (κ1) is 43.7. The largest absolute Gasteiger partial charge is 0.454 e. The first-order valence-corrected chi connectivity index (χ1v) is 25.9. The van der Waals surface area contributed by atoms with E-state index in [0.29, 0.717) is 0 Å². The lowest BCUT2D eigenvalue weighted by Crippen LogP contribution is -2.14. The first-order valence-electron chi connectivity index (χ1n) is 25.9. The molecular formula is C70H52N2O2. The molecule has 14 rings (SSSR count). The zero-order chi connectivity index (χ0) is 49.6. The molecule has 0 saturated heterocycles. The van der Waals surface area contributed by atoms with Crippen molar-refractivity contribution in [3.05, 3.63) is 242 Å². The van der Waals surface area contributed by atoms with Crippen molar-refractivity contribution in [3.8, 4) is 22.3 Å². The van der Waals surface area contributed by atoms with E-state index in [1.54, 1.807) is 0 Å². The van der Waals surface area contributed by atoms with E-state index in [9.17, 15) is 0 Å². The van der Waals surface area contributed by atoms with Crippen LogP contribution in [0, 0.1) is 0 Å². The van der Waals surface area contributed by atoms with Gasteiger partial charge in [-0.2, -0.15) is 0 Å². The highest BCUT2D eigenvalue weighted by molar-refractivity contribution is 6.30. The Balaban J connectivity index is 1.13. The second kappa shape index (κ2) is 17.3. The van der Waals surface area contributed by atoms with E-state index < -0.39 is 0 Å². The summed E-state index contributed by atoms with van der Waals surface area (Å²) in [6.07, 6.45) is 0. The highest BCUT2D eigenvalue weighted by Gasteiger charge is 2.30. The van der Waals surface area contributed by atoms with E-state index >= 15 is 0 Å². The molecule has 0 saturated carbocycles. The summed E-state index contributed by atoms with van der Waals surface area (Å²) in [6, 6.07) is 83.7. The molecule has 2 aromatic heterocycles. The molecule has 0 aliphatic carbocycles. The molecule has 354 valence electrons. The normalized spacial score (nSPS) is 12.0. The van der Waals surface area contributed by atoms with Gasteiger partial charge in [-0.25, -0.2) is 0 Å². The van der Waals surface area contributed by atoms with Crippen molar-refractivity contribution in [2.45, 2.75) is 39.5 Å². The van der Waals surface area contributed by atoms with Crippen LogP contribution < -0.4 is 9.80 Å². The van der Waals surface area contributed by atoms with Gasteiger partial charge in [0.05, 0.1) is 34.1 Å². The number of furan rings is 2. The molecule has 0 aliphatic rings. The van der Waals surface area contributed by atoms with Crippen molar-refractivity contribution in [3.63, 3.8) is 0 Å². The van der Waals surface area contributed by atoms with E-state index in [4.69, 9.17) is 8.83 Å². The van der Waals surface area contributed by atoms with Crippen molar-refractivity contribution < 1.29 is 8.83 Å². The second-order valence-corrected chi connectivity index (χ2v) is 20.3. The lowest BCUT2D eigenvalue weighted by molar-refractivity contribution is 0.669. The van der Waals surface area contributed by atoms with Crippen LogP contribution in [0.4, 0.5) is 34.1 Å². The Labute approximate surface area is 430 Å². The number of anilines is 6. The fraction of sp³-hybridized carbons (Fsp3) is 0.0857. The van der Waals surface area contributed by atoms with Gasteiger partial charge < -0.3 is 18.6 Å². The van der Waals surface area contributed by atoms with E-state index in [0.717, 1.165) is 100 Å². The van der Waals surface area contributed by atoms with Crippen LogP contribution in [0.3, 0.4) is 0 Å². The van der Waals surface area contributed by atoms with Crippen LogP contribution >= 0.6 is 0 Å². The number of hydrogen-bond donors (Lipinski definition) is 0. The van der Waals surface area contributed by atoms with Crippen molar-refractivity contribution >= 4 is 110 Å². The SMILES string of the molecule is CC(C)c1cc2c(N(c3ccccc3-c3ccccc3)c3cccc4c3oc3ccccc34)ccc3c(C(C)C)cc4c(N(c5ccccc5-c5ccccc5)c5cccc6c5oc5ccccc56)ccc1c4c32. The zero-order valence-corrected chi connectivity index (χ0v) is 41.8. The third kappa shape index (κ3) is 6.75. The Morgan fingerprint density at radius 3 is 1.08 bits per heavy atom. The Morgan fingerprint density at radius 2 is 0.649 bits per heavy atom. The molecular weight excluding hydrogens is 901 g/mol. The molecule has 0 atom stereocenters. The molecule has 4 heteroatoms. The summed E-state index contributed by atoms with van der Waals surface area (Å²) in [5.41, 5.74) is 16.9. The smallest absolute Gasteiger partial charge is 0.159 e. The summed E-state index contributed by atoms with van der Waals surface area (Å²) in [7, 11) is 0. The summed E-state index contributed by atoms with van der Waals surface area (Å²) in [4.78, 5) is 4.95. The highest BCUT2D eigenvalue weighted by atomic mass is 16.3. The maximum absolute atomic E-state index is 6.95. The van der Waals surface area contributed by atoms with Gasteiger partial charge in [-0.15, -0.1) is 0 Å². The van der Waals surface area contributed by atoms with Crippen molar-refractivity contribution in [2.75, 3.05) is 9.80 Å². The minimum Gasteiger partial charge on any atom is -0.454 e. The number of nitrogens with zero attached hydrogens (tertiary/aromatic N) is 2. The van der Waals surface area contributed by atoms with E-state index in [1.165, 1.54) is 43.4 Å². The van der Waals surface area contributed by atoms with E-state index in [1.807, 2.05) is 0 Å². The average molecular weight is 953 g/mol. The highest BCUT2D eigenvalue weighted by Crippen LogP contribution is 2.54. The molecule has 0 fully saturated rings. The fourth-order valence-electron chi connectivity index (χ4n) is 12.0. The summed E-state index contributed by atoms with van der Waals surface area (Å²) >= 11 is 0. The lowest BCUT2D eigenvalue weighted by Gasteiger charge is -2.32. The minimum atomic E-state index is 0.216. The van der Waals surface area contributed by atoms with E-state index in [2.05, 4.69) is 268 Å². The van der Waals surface area contributed by atoms with Gasteiger partial charge in [0.1, 0.15) is 11.2 Å². The minimum absolute atomic E-state index is 0.216. The zero-order valence-electron chi connectivity index (χ0n) is 41.8. The summed E-state index contributed by atoms with van der Waals surface area (Å²) in [5.74, 6) is 0.432. The van der Waals surface area contributed by atoms with Gasteiger partial charge >= 0.3 is 0 Å². The number of fused-ring (bicyclic) bond motifs is 6. The number of benzene rings is 12. The lowest BCUT2D eigenvalue weighted by atomic mass is 9.83. The van der Waals surface area contributed by atoms with Crippen LogP contribution in [-0.2, 0) is 0 Å². The third-order valence-corrected chi connectivity index (χ3v) is 15.4. The van der Waals surface area contributed by atoms with Gasteiger partial charge in [0.2, 0.25) is 0 Å². The molecule has 0 spiro atoms. The van der Waals surface area contributed by atoms with Crippen molar-refractivity contribution in [1.29, 1.82) is 0 Å².